The molecule has 1 fully saturated rings. The number of rotatable bonds is 9. The molecule has 1 saturated carbocycles. The van der Waals surface area contributed by atoms with Gasteiger partial charge in [-0.2, -0.15) is 0 Å². The van der Waals surface area contributed by atoms with Crippen LogP contribution >= 0.6 is 22.6 Å². The molecule has 0 spiro atoms. The van der Waals surface area contributed by atoms with Crippen LogP contribution in [0.1, 0.15) is 71.1 Å². The summed E-state index contributed by atoms with van der Waals surface area (Å²) < 4.78 is 7.10. The first-order valence-corrected chi connectivity index (χ1v) is 10.2. The minimum atomic E-state index is 0.872. The van der Waals surface area contributed by atoms with Gasteiger partial charge in [0, 0.05) is 3.57 Å². The number of hydrogen-bond donors (Lipinski definition) is 0. The fourth-order valence-electron chi connectivity index (χ4n) is 3.58. The fourth-order valence-corrected chi connectivity index (χ4v) is 3.94. The Hall–Kier alpha value is -0.250. The van der Waals surface area contributed by atoms with Gasteiger partial charge in [-0.05, 0) is 71.5 Å². The molecule has 2 heteroatoms. The summed E-state index contributed by atoms with van der Waals surface area (Å²) in [5.74, 6) is 3.01. The standard InChI is InChI=1S/C20H31IO/c1-2-3-4-6-17-8-10-18(11-9-17)7-5-16-22-20-14-12-19(21)13-15-20/h12-15,17-18H,2-11,16H2,1H3/t17-,18-. The molecular weight excluding hydrogens is 383 g/mol. The van der Waals surface area contributed by atoms with E-state index >= 15 is 0 Å². The molecule has 1 nitrogen and oxygen atoms in total. The summed E-state index contributed by atoms with van der Waals surface area (Å²) in [4.78, 5) is 0. The molecule has 124 valence electrons. The predicted octanol–water partition coefficient (Wildman–Crippen LogP) is 6.84. The van der Waals surface area contributed by atoms with Gasteiger partial charge in [-0.15, -0.1) is 0 Å². The van der Waals surface area contributed by atoms with Gasteiger partial charge < -0.3 is 4.74 Å². The number of halogens is 1. The Kier molecular flexibility index (Phi) is 8.64. The highest BCUT2D eigenvalue weighted by Gasteiger charge is 2.20. The SMILES string of the molecule is CCCCC[C@H]1CC[C@H](CCCOc2ccc(I)cc2)CC1. The van der Waals surface area contributed by atoms with Crippen molar-refractivity contribution in [1.29, 1.82) is 0 Å². The van der Waals surface area contributed by atoms with Crippen LogP contribution in [-0.2, 0) is 0 Å². The van der Waals surface area contributed by atoms with E-state index in [1.165, 1.54) is 67.8 Å². The van der Waals surface area contributed by atoms with Crippen LogP contribution in [0.5, 0.6) is 5.75 Å². The molecule has 1 aromatic carbocycles. The first kappa shape index (κ1) is 18.1. The largest absolute Gasteiger partial charge is 0.494 e. The Labute approximate surface area is 150 Å². The molecule has 0 aliphatic heterocycles. The topological polar surface area (TPSA) is 9.23 Å². The van der Waals surface area contributed by atoms with Crippen LogP contribution in [0.25, 0.3) is 0 Å². The molecule has 1 aromatic rings. The average Bonchev–Trinajstić information content (AvgIpc) is 2.55. The molecule has 1 aliphatic carbocycles. The number of benzene rings is 1. The van der Waals surface area contributed by atoms with Crippen LogP contribution in [0.3, 0.4) is 0 Å². The molecule has 0 bridgehead atoms. The molecule has 0 aromatic heterocycles. The lowest BCUT2D eigenvalue weighted by atomic mass is 9.78. The summed E-state index contributed by atoms with van der Waals surface area (Å²) in [7, 11) is 0. The lowest BCUT2D eigenvalue weighted by Crippen LogP contribution is -2.15. The highest BCUT2D eigenvalue weighted by Crippen LogP contribution is 2.34. The molecular formula is C20H31IO. The molecule has 0 atom stereocenters. The van der Waals surface area contributed by atoms with Crippen LogP contribution in [0.2, 0.25) is 0 Å². The van der Waals surface area contributed by atoms with Gasteiger partial charge in [0.25, 0.3) is 0 Å². The first-order chi connectivity index (χ1) is 10.8. The van der Waals surface area contributed by atoms with Gasteiger partial charge in [0.15, 0.2) is 0 Å². The van der Waals surface area contributed by atoms with Crippen molar-refractivity contribution in [3.63, 3.8) is 0 Å². The Morgan fingerprint density at radius 2 is 1.50 bits per heavy atom. The molecule has 0 radical (unpaired) electrons. The van der Waals surface area contributed by atoms with Crippen LogP contribution in [0, 0.1) is 15.4 Å². The van der Waals surface area contributed by atoms with E-state index < -0.39 is 0 Å². The number of hydrogen-bond acceptors (Lipinski definition) is 1. The molecule has 0 unspecified atom stereocenters. The minimum absolute atomic E-state index is 0.872. The molecule has 0 amide bonds. The highest BCUT2D eigenvalue weighted by molar-refractivity contribution is 14.1. The second-order valence-corrected chi connectivity index (χ2v) is 8.07. The van der Waals surface area contributed by atoms with E-state index in [2.05, 4.69) is 53.8 Å². The maximum Gasteiger partial charge on any atom is 0.119 e. The smallest absolute Gasteiger partial charge is 0.119 e. The van der Waals surface area contributed by atoms with E-state index in [9.17, 15) is 0 Å². The van der Waals surface area contributed by atoms with Crippen molar-refractivity contribution >= 4 is 22.6 Å². The van der Waals surface area contributed by atoms with Crippen molar-refractivity contribution in [2.75, 3.05) is 6.61 Å². The maximum atomic E-state index is 5.84. The molecule has 0 saturated heterocycles. The predicted molar refractivity (Wildman–Crippen MR) is 103 cm³/mol. The maximum absolute atomic E-state index is 5.84. The third-order valence-electron chi connectivity index (χ3n) is 5.02. The third-order valence-corrected chi connectivity index (χ3v) is 5.74. The summed E-state index contributed by atoms with van der Waals surface area (Å²) in [6.45, 7) is 3.17. The second kappa shape index (κ2) is 10.5. The third kappa shape index (κ3) is 6.89. The van der Waals surface area contributed by atoms with E-state index in [0.717, 1.165) is 24.2 Å². The number of ether oxygens (including phenoxy) is 1. The van der Waals surface area contributed by atoms with E-state index in [1.807, 2.05) is 0 Å². The van der Waals surface area contributed by atoms with Gasteiger partial charge in [-0.3, -0.25) is 0 Å². The van der Waals surface area contributed by atoms with Gasteiger partial charge in [-0.25, -0.2) is 0 Å². The van der Waals surface area contributed by atoms with Crippen LogP contribution in [0.15, 0.2) is 24.3 Å². The molecule has 0 N–H and O–H groups in total. The van der Waals surface area contributed by atoms with Crippen molar-refractivity contribution in [3.8, 4) is 5.75 Å². The molecule has 2 rings (SSSR count). The fraction of sp³-hybridized carbons (Fsp3) is 0.700. The monoisotopic (exact) mass is 414 g/mol. The van der Waals surface area contributed by atoms with Crippen molar-refractivity contribution in [2.45, 2.75) is 71.1 Å². The summed E-state index contributed by atoms with van der Waals surface area (Å²) in [5.41, 5.74) is 0. The van der Waals surface area contributed by atoms with Crippen molar-refractivity contribution in [3.05, 3.63) is 27.8 Å². The number of unbranched alkanes of at least 4 members (excludes halogenated alkanes) is 2. The molecule has 22 heavy (non-hydrogen) atoms. The van der Waals surface area contributed by atoms with Gasteiger partial charge >= 0.3 is 0 Å². The van der Waals surface area contributed by atoms with Crippen LogP contribution in [-0.4, -0.2) is 6.61 Å². The Bertz CT molecular complexity index is 393. The Morgan fingerprint density at radius 3 is 2.09 bits per heavy atom. The van der Waals surface area contributed by atoms with E-state index in [-0.39, 0.29) is 0 Å². The minimum Gasteiger partial charge on any atom is -0.494 e. The zero-order valence-corrected chi connectivity index (χ0v) is 16.2. The summed E-state index contributed by atoms with van der Waals surface area (Å²) >= 11 is 2.33. The average molecular weight is 414 g/mol. The van der Waals surface area contributed by atoms with Gasteiger partial charge in [0.1, 0.15) is 5.75 Å². The van der Waals surface area contributed by atoms with Crippen LogP contribution in [0.4, 0.5) is 0 Å². The zero-order valence-electron chi connectivity index (χ0n) is 14.0. The van der Waals surface area contributed by atoms with Crippen molar-refractivity contribution in [1.82, 2.24) is 0 Å². The summed E-state index contributed by atoms with van der Waals surface area (Å²) in [6, 6.07) is 8.36. The van der Waals surface area contributed by atoms with Gasteiger partial charge in [-0.1, -0.05) is 58.3 Å². The normalized spacial score (nSPS) is 21.7. The van der Waals surface area contributed by atoms with Crippen molar-refractivity contribution in [2.24, 2.45) is 11.8 Å². The van der Waals surface area contributed by atoms with E-state index in [4.69, 9.17) is 4.74 Å². The summed E-state index contributed by atoms with van der Waals surface area (Å²) in [5, 5.41) is 0. The van der Waals surface area contributed by atoms with E-state index in [0.29, 0.717) is 0 Å². The van der Waals surface area contributed by atoms with Gasteiger partial charge in [0.2, 0.25) is 0 Å². The van der Waals surface area contributed by atoms with Crippen LogP contribution < -0.4 is 4.74 Å². The molecule has 1 aliphatic rings. The van der Waals surface area contributed by atoms with Crippen molar-refractivity contribution < 1.29 is 4.74 Å². The van der Waals surface area contributed by atoms with Gasteiger partial charge in [0.05, 0.1) is 6.61 Å². The summed E-state index contributed by atoms with van der Waals surface area (Å²) in [6.07, 6.45) is 14.2. The molecule has 0 heterocycles. The Morgan fingerprint density at radius 1 is 0.909 bits per heavy atom. The quantitative estimate of drug-likeness (QED) is 0.318. The second-order valence-electron chi connectivity index (χ2n) is 6.83. The lowest BCUT2D eigenvalue weighted by Gasteiger charge is -2.28. The lowest BCUT2D eigenvalue weighted by molar-refractivity contribution is 0.228. The van der Waals surface area contributed by atoms with E-state index in [1.54, 1.807) is 0 Å². The Balaban J connectivity index is 1.52. The first-order valence-electron chi connectivity index (χ1n) is 9.16. The highest BCUT2D eigenvalue weighted by atomic mass is 127. The zero-order chi connectivity index (χ0) is 15.6.